The molecule has 0 aromatic carbocycles. The van der Waals surface area contributed by atoms with Crippen LogP contribution in [-0.4, -0.2) is 58.7 Å². The molecule has 0 amide bonds. The molecule has 0 aliphatic heterocycles. The van der Waals surface area contributed by atoms with Crippen molar-refractivity contribution in [2.24, 2.45) is 0 Å². The van der Waals surface area contributed by atoms with E-state index in [1.165, 1.54) is 0 Å². The lowest BCUT2D eigenvalue weighted by molar-refractivity contribution is -0.0119. The lowest BCUT2D eigenvalue weighted by atomic mass is 10.1. The Hall–Kier alpha value is -1.85. The highest BCUT2D eigenvalue weighted by Crippen LogP contribution is 2.77. The maximum atomic E-state index is 6.40. The first-order chi connectivity index (χ1) is 15.0. The van der Waals surface area contributed by atoms with E-state index in [-0.39, 0.29) is 0 Å². The molecule has 3 rings (SSSR count). The highest BCUT2D eigenvalue weighted by Gasteiger charge is 2.66. The van der Waals surface area contributed by atoms with Crippen LogP contribution in [0.1, 0.15) is 19.3 Å². The van der Waals surface area contributed by atoms with Crippen LogP contribution in [0, 0.1) is 0 Å². The van der Waals surface area contributed by atoms with Gasteiger partial charge in [-0.3, -0.25) is 0 Å². The summed E-state index contributed by atoms with van der Waals surface area (Å²) in [5.41, 5.74) is 0. The summed E-state index contributed by atoms with van der Waals surface area (Å²) >= 11 is 0. The van der Waals surface area contributed by atoms with E-state index in [2.05, 4.69) is 18.2 Å². The zero-order chi connectivity index (χ0) is 22.5. The molecule has 0 aromatic heterocycles. The van der Waals surface area contributed by atoms with E-state index in [1.807, 2.05) is 36.5 Å². The minimum atomic E-state index is -1.40. The Bertz CT molecular complexity index is 732. The molecule has 0 radical (unpaired) electrons. The molecular formula is C24H33O6P. The second-order valence-corrected chi connectivity index (χ2v) is 10.2. The van der Waals surface area contributed by atoms with Crippen LogP contribution in [-0.2, 0) is 28.4 Å². The molecule has 6 nitrogen and oxygen atoms in total. The quantitative estimate of drug-likeness (QED) is 0.465. The van der Waals surface area contributed by atoms with Crippen molar-refractivity contribution in [3.63, 3.8) is 0 Å². The predicted octanol–water partition coefficient (Wildman–Crippen LogP) is 4.97. The highest BCUT2D eigenvalue weighted by atomic mass is 31.1. The fraction of sp³-hybridized carbons (Fsp3) is 0.500. The largest absolute Gasteiger partial charge is 0.498 e. The molecule has 0 saturated heterocycles. The average Bonchev–Trinajstić information content (AvgIpc) is 2.84. The summed E-state index contributed by atoms with van der Waals surface area (Å²) in [7, 11) is 8.78. The third-order valence-corrected chi connectivity index (χ3v) is 10.2. The molecule has 0 bridgehead atoms. The lowest BCUT2D eigenvalue weighted by Gasteiger charge is -2.57. The zero-order valence-electron chi connectivity index (χ0n) is 19.2. The summed E-state index contributed by atoms with van der Waals surface area (Å²) in [5.74, 6) is 2.18. The summed E-state index contributed by atoms with van der Waals surface area (Å²) in [6.45, 7) is 0. The first-order valence-electron chi connectivity index (χ1n) is 10.2. The van der Waals surface area contributed by atoms with E-state index >= 15 is 0 Å². The van der Waals surface area contributed by atoms with Crippen LogP contribution in [0.2, 0.25) is 0 Å². The molecule has 31 heavy (non-hydrogen) atoms. The van der Waals surface area contributed by atoms with Gasteiger partial charge in [0.25, 0.3) is 0 Å². The highest BCUT2D eigenvalue weighted by molar-refractivity contribution is 7.63. The maximum Gasteiger partial charge on any atom is 0.153 e. The number of allylic oxidation sites excluding steroid dienone is 6. The smallest absolute Gasteiger partial charge is 0.153 e. The summed E-state index contributed by atoms with van der Waals surface area (Å²) in [6, 6.07) is 0. The molecular weight excluding hydrogens is 415 g/mol. The van der Waals surface area contributed by atoms with Gasteiger partial charge in [-0.1, -0.05) is 36.5 Å². The Morgan fingerprint density at radius 2 is 0.839 bits per heavy atom. The Kier molecular flexibility index (Phi) is 7.48. The molecule has 3 aliphatic rings. The SMILES string of the molecule is COC1=CC=CCC1(OC)P(C1(OC)CC=CC=C1OC)C1(OC)CC=CC=C1OC. The van der Waals surface area contributed by atoms with Crippen LogP contribution in [0.3, 0.4) is 0 Å². The van der Waals surface area contributed by atoms with Crippen molar-refractivity contribution in [3.8, 4) is 0 Å². The second kappa shape index (κ2) is 9.74. The van der Waals surface area contributed by atoms with Crippen molar-refractivity contribution < 1.29 is 28.4 Å². The van der Waals surface area contributed by atoms with Gasteiger partial charge in [-0.25, -0.2) is 0 Å². The van der Waals surface area contributed by atoms with Crippen LogP contribution >= 0.6 is 7.92 Å². The fourth-order valence-electron chi connectivity index (χ4n) is 4.83. The van der Waals surface area contributed by atoms with Gasteiger partial charge in [-0.15, -0.1) is 0 Å². The second-order valence-electron chi connectivity index (χ2n) is 7.40. The number of hydrogen-bond acceptors (Lipinski definition) is 6. The molecule has 7 heteroatoms. The van der Waals surface area contributed by atoms with Crippen molar-refractivity contribution in [2.45, 2.75) is 35.3 Å². The summed E-state index contributed by atoms with van der Waals surface area (Å²) in [6.07, 6.45) is 19.9. The number of ether oxygens (including phenoxy) is 6. The average molecular weight is 448 g/mol. The molecule has 170 valence electrons. The van der Waals surface area contributed by atoms with E-state index < -0.39 is 23.9 Å². The summed E-state index contributed by atoms with van der Waals surface area (Å²) in [4.78, 5) is 0. The zero-order valence-corrected chi connectivity index (χ0v) is 20.1. The predicted molar refractivity (Wildman–Crippen MR) is 123 cm³/mol. The molecule has 0 saturated carbocycles. The van der Waals surface area contributed by atoms with Gasteiger partial charge in [0.1, 0.15) is 17.3 Å². The topological polar surface area (TPSA) is 55.4 Å². The Morgan fingerprint density at radius 1 is 0.548 bits per heavy atom. The van der Waals surface area contributed by atoms with Crippen LogP contribution < -0.4 is 0 Å². The van der Waals surface area contributed by atoms with Gasteiger partial charge >= 0.3 is 0 Å². The molecule has 3 aliphatic carbocycles. The van der Waals surface area contributed by atoms with Gasteiger partial charge in [-0.05, 0) is 18.2 Å². The number of rotatable bonds is 9. The van der Waals surface area contributed by atoms with Gasteiger partial charge in [0, 0.05) is 48.5 Å². The Labute approximate surface area is 186 Å². The van der Waals surface area contributed by atoms with Crippen molar-refractivity contribution in [1.29, 1.82) is 0 Å². The normalized spacial score (nSPS) is 33.3. The van der Waals surface area contributed by atoms with Crippen molar-refractivity contribution >= 4 is 7.92 Å². The van der Waals surface area contributed by atoms with E-state index in [4.69, 9.17) is 28.4 Å². The minimum absolute atomic E-state index is 0.604. The Morgan fingerprint density at radius 3 is 1.06 bits per heavy atom. The summed E-state index contributed by atoms with van der Waals surface area (Å²) in [5, 5.41) is -2.51. The van der Waals surface area contributed by atoms with Gasteiger partial charge in [-0.2, -0.15) is 0 Å². The fourth-order valence-corrected chi connectivity index (χ4v) is 9.15. The molecule has 0 spiro atoms. The molecule has 0 N–H and O–H groups in total. The van der Waals surface area contributed by atoms with E-state index in [0.717, 1.165) is 17.3 Å². The van der Waals surface area contributed by atoms with E-state index in [0.29, 0.717) is 19.3 Å². The van der Waals surface area contributed by atoms with E-state index in [1.54, 1.807) is 42.7 Å². The molecule has 3 atom stereocenters. The minimum Gasteiger partial charge on any atom is -0.498 e. The van der Waals surface area contributed by atoms with Crippen molar-refractivity contribution in [1.82, 2.24) is 0 Å². The van der Waals surface area contributed by atoms with Crippen LogP contribution in [0.15, 0.2) is 72.0 Å². The molecule has 0 aromatic rings. The van der Waals surface area contributed by atoms with Crippen LogP contribution in [0.25, 0.3) is 0 Å². The van der Waals surface area contributed by atoms with Crippen molar-refractivity contribution in [3.05, 3.63) is 72.0 Å². The summed E-state index contributed by atoms with van der Waals surface area (Å²) < 4.78 is 36.9. The third kappa shape index (κ3) is 3.60. The first-order valence-corrected chi connectivity index (χ1v) is 11.6. The number of methoxy groups -OCH3 is 6. The third-order valence-electron chi connectivity index (χ3n) is 6.25. The lowest BCUT2D eigenvalue weighted by Crippen LogP contribution is -2.53. The Balaban J connectivity index is 2.37. The van der Waals surface area contributed by atoms with Crippen LogP contribution in [0.4, 0.5) is 0 Å². The van der Waals surface area contributed by atoms with Gasteiger partial charge in [0.2, 0.25) is 0 Å². The van der Waals surface area contributed by atoms with Crippen LogP contribution in [0.5, 0.6) is 0 Å². The monoisotopic (exact) mass is 448 g/mol. The van der Waals surface area contributed by atoms with Gasteiger partial charge < -0.3 is 28.4 Å². The molecule has 0 heterocycles. The standard InChI is InChI=1S/C24H33O6P/c1-25-19-13-7-10-16-22(19,28-4)31(23(29-5)17-11-8-14-20(23)26-2)24(30-6)18-12-9-15-21(24)27-3/h7-15H,16-18H2,1-6H3. The van der Waals surface area contributed by atoms with Gasteiger partial charge in [0.05, 0.1) is 21.3 Å². The first kappa shape index (κ1) is 23.8. The molecule has 3 unspecified atom stereocenters. The maximum absolute atomic E-state index is 6.40. The molecule has 0 fully saturated rings. The van der Waals surface area contributed by atoms with Crippen molar-refractivity contribution in [2.75, 3.05) is 42.7 Å². The van der Waals surface area contributed by atoms with Gasteiger partial charge in [0.15, 0.2) is 16.0 Å². The number of hydrogen-bond donors (Lipinski definition) is 0. The van der Waals surface area contributed by atoms with E-state index in [9.17, 15) is 0 Å².